The summed E-state index contributed by atoms with van der Waals surface area (Å²) in [6.45, 7) is 0.624. The summed E-state index contributed by atoms with van der Waals surface area (Å²) < 4.78 is 11.0. The van der Waals surface area contributed by atoms with E-state index >= 15 is 0 Å². The van der Waals surface area contributed by atoms with Crippen LogP contribution in [0.4, 0.5) is 0 Å². The lowest BCUT2D eigenvalue weighted by atomic mass is 10.0. The molecule has 3 aromatic rings. The quantitative estimate of drug-likeness (QED) is 0.306. The molecule has 0 saturated carbocycles. The molecule has 2 atom stereocenters. The minimum absolute atomic E-state index is 0.110. The Balaban J connectivity index is 1.48. The van der Waals surface area contributed by atoms with Gasteiger partial charge >= 0.3 is 0 Å². The number of nitrogens with one attached hydrogen (secondary N) is 4. The number of carbonyl (C=O) groups is 4. The lowest BCUT2D eigenvalue weighted by Crippen LogP contribution is -2.53. The van der Waals surface area contributed by atoms with Crippen molar-refractivity contribution in [3.05, 3.63) is 95.6 Å². The molecule has 3 aromatic carbocycles. The van der Waals surface area contributed by atoms with E-state index in [-0.39, 0.29) is 37.5 Å². The van der Waals surface area contributed by atoms with Gasteiger partial charge < -0.3 is 30.7 Å². The van der Waals surface area contributed by atoms with Crippen LogP contribution in [0.25, 0.3) is 0 Å². The summed E-state index contributed by atoms with van der Waals surface area (Å²) in [5.74, 6) is -0.888. The van der Waals surface area contributed by atoms with Crippen LogP contribution >= 0.6 is 0 Å². The number of carbonyl (C=O) groups excluding carboxylic acids is 4. The van der Waals surface area contributed by atoms with Gasteiger partial charge in [0, 0.05) is 13.0 Å². The number of hydrogen-bond acceptors (Lipinski definition) is 6. The third kappa shape index (κ3) is 8.82. The predicted octanol–water partition coefficient (Wildman–Crippen LogP) is 2.17. The predicted molar refractivity (Wildman–Crippen MR) is 157 cm³/mol. The Kier molecular flexibility index (Phi) is 10.9. The number of amides is 4. The van der Waals surface area contributed by atoms with E-state index in [2.05, 4.69) is 21.3 Å². The van der Waals surface area contributed by atoms with Crippen LogP contribution in [0.1, 0.15) is 34.3 Å². The number of fused-ring (bicyclic) bond motifs is 1. The Morgan fingerprint density at radius 2 is 1.71 bits per heavy atom. The van der Waals surface area contributed by atoms with Gasteiger partial charge in [-0.05, 0) is 48.2 Å². The molecule has 0 aromatic heterocycles. The van der Waals surface area contributed by atoms with E-state index < -0.39 is 29.8 Å². The second-order valence-corrected chi connectivity index (χ2v) is 9.92. The molecule has 220 valence electrons. The Labute approximate surface area is 245 Å². The molecule has 1 aliphatic heterocycles. The summed E-state index contributed by atoms with van der Waals surface area (Å²) in [6.07, 6.45) is 1.25. The standard InChI is InChI=1S/C32H36N4O6/c1-41-24-13-7-11-22(19-24)12-8-16-33-32(40)27-21-29(37)35-26(20-23-9-3-2-4-10-23)31(39)34-17-18-42-28-15-6-5-14-25(28)30(38)36-27/h2-7,9-11,13-15,19,26-27H,8,12,16-18,20-21H2,1H3,(H,33,40)(H,34,39)(H,35,37)(H,36,38)/t26-,27-/m0/s1. The highest BCUT2D eigenvalue weighted by Crippen LogP contribution is 2.18. The van der Waals surface area contributed by atoms with E-state index in [0.717, 1.165) is 16.9 Å². The van der Waals surface area contributed by atoms with Crippen molar-refractivity contribution in [2.75, 3.05) is 26.8 Å². The van der Waals surface area contributed by atoms with Crippen LogP contribution in [-0.2, 0) is 27.2 Å². The van der Waals surface area contributed by atoms with E-state index in [9.17, 15) is 19.2 Å². The first kappa shape index (κ1) is 30.1. The molecule has 0 aliphatic carbocycles. The monoisotopic (exact) mass is 572 g/mol. The molecular formula is C32H36N4O6. The zero-order valence-electron chi connectivity index (χ0n) is 23.6. The number of rotatable bonds is 8. The summed E-state index contributed by atoms with van der Waals surface area (Å²) in [6, 6.07) is 21.6. The van der Waals surface area contributed by atoms with E-state index in [0.29, 0.717) is 25.1 Å². The van der Waals surface area contributed by atoms with E-state index in [1.165, 1.54) is 0 Å². The summed E-state index contributed by atoms with van der Waals surface area (Å²) >= 11 is 0. The fourth-order valence-electron chi connectivity index (χ4n) is 4.64. The molecule has 0 fully saturated rings. The van der Waals surface area contributed by atoms with Gasteiger partial charge in [-0.15, -0.1) is 0 Å². The average molecular weight is 573 g/mol. The minimum atomic E-state index is -1.18. The van der Waals surface area contributed by atoms with Gasteiger partial charge in [-0.1, -0.05) is 54.6 Å². The lowest BCUT2D eigenvalue weighted by molar-refractivity contribution is -0.131. The van der Waals surface area contributed by atoms with Crippen LogP contribution in [0.5, 0.6) is 11.5 Å². The van der Waals surface area contributed by atoms with Crippen LogP contribution in [0.15, 0.2) is 78.9 Å². The largest absolute Gasteiger partial charge is 0.497 e. The highest BCUT2D eigenvalue weighted by molar-refractivity contribution is 6.01. The third-order valence-corrected chi connectivity index (χ3v) is 6.81. The first-order valence-corrected chi connectivity index (χ1v) is 14.0. The number of methoxy groups -OCH3 is 1. The van der Waals surface area contributed by atoms with Crippen LogP contribution in [0.3, 0.4) is 0 Å². The van der Waals surface area contributed by atoms with Gasteiger partial charge in [-0.25, -0.2) is 0 Å². The molecule has 42 heavy (non-hydrogen) atoms. The van der Waals surface area contributed by atoms with E-state index in [4.69, 9.17) is 9.47 Å². The van der Waals surface area contributed by atoms with E-state index in [1.807, 2.05) is 54.6 Å². The zero-order chi connectivity index (χ0) is 29.7. The Morgan fingerprint density at radius 1 is 0.952 bits per heavy atom. The number of hydrogen-bond donors (Lipinski definition) is 4. The molecular weight excluding hydrogens is 536 g/mol. The normalized spacial score (nSPS) is 17.8. The highest BCUT2D eigenvalue weighted by Gasteiger charge is 2.28. The maximum atomic E-state index is 13.3. The first-order chi connectivity index (χ1) is 20.4. The lowest BCUT2D eigenvalue weighted by Gasteiger charge is -2.23. The van der Waals surface area contributed by atoms with Gasteiger partial charge in [0.25, 0.3) is 5.91 Å². The molecule has 4 rings (SSSR count). The Morgan fingerprint density at radius 3 is 2.52 bits per heavy atom. The summed E-state index contributed by atoms with van der Waals surface area (Å²) in [5, 5.41) is 11.1. The third-order valence-electron chi connectivity index (χ3n) is 6.81. The fourth-order valence-corrected chi connectivity index (χ4v) is 4.64. The van der Waals surface area contributed by atoms with Crippen molar-refractivity contribution in [1.29, 1.82) is 0 Å². The van der Waals surface area contributed by atoms with Crippen LogP contribution < -0.4 is 30.7 Å². The Hall–Kier alpha value is -4.86. The van der Waals surface area contributed by atoms with Gasteiger partial charge in [-0.2, -0.15) is 0 Å². The van der Waals surface area contributed by atoms with Crippen LogP contribution in [-0.4, -0.2) is 62.5 Å². The number of aryl methyl sites for hydroxylation is 1. The van der Waals surface area contributed by atoms with Crippen molar-refractivity contribution >= 4 is 23.6 Å². The zero-order valence-corrected chi connectivity index (χ0v) is 23.6. The fraction of sp³-hybridized carbons (Fsp3) is 0.312. The van der Waals surface area contributed by atoms with Crippen molar-refractivity contribution < 1.29 is 28.7 Å². The molecule has 4 N–H and O–H groups in total. The summed E-state index contributed by atoms with van der Waals surface area (Å²) in [4.78, 5) is 52.7. The molecule has 1 aliphatic rings. The molecule has 4 amide bonds. The maximum absolute atomic E-state index is 13.3. The number of benzene rings is 3. The second-order valence-electron chi connectivity index (χ2n) is 9.92. The van der Waals surface area contributed by atoms with E-state index in [1.54, 1.807) is 31.4 Å². The van der Waals surface area contributed by atoms with Gasteiger partial charge in [0.2, 0.25) is 17.7 Å². The van der Waals surface area contributed by atoms with Crippen LogP contribution in [0.2, 0.25) is 0 Å². The van der Waals surface area contributed by atoms with Crippen molar-refractivity contribution in [2.45, 2.75) is 37.8 Å². The second kappa shape index (κ2) is 15.2. The number of para-hydroxylation sites is 1. The molecule has 10 heteroatoms. The molecule has 0 saturated heterocycles. The molecule has 1 heterocycles. The minimum Gasteiger partial charge on any atom is -0.497 e. The summed E-state index contributed by atoms with van der Waals surface area (Å²) in [7, 11) is 1.61. The Bertz CT molecular complexity index is 1380. The van der Waals surface area contributed by atoms with Gasteiger partial charge in [0.05, 0.1) is 25.6 Å². The van der Waals surface area contributed by atoms with Crippen molar-refractivity contribution in [1.82, 2.24) is 21.3 Å². The van der Waals surface area contributed by atoms with Crippen molar-refractivity contribution in [3.8, 4) is 11.5 Å². The highest BCUT2D eigenvalue weighted by atomic mass is 16.5. The van der Waals surface area contributed by atoms with Crippen molar-refractivity contribution in [3.63, 3.8) is 0 Å². The smallest absolute Gasteiger partial charge is 0.255 e. The summed E-state index contributed by atoms with van der Waals surface area (Å²) in [5.41, 5.74) is 2.15. The van der Waals surface area contributed by atoms with Gasteiger partial charge in [0.15, 0.2) is 0 Å². The topological polar surface area (TPSA) is 135 Å². The van der Waals surface area contributed by atoms with Gasteiger partial charge in [-0.3, -0.25) is 19.2 Å². The molecule has 0 radical (unpaired) electrons. The average Bonchev–Trinajstić information content (AvgIpc) is 3.01. The van der Waals surface area contributed by atoms with Crippen LogP contribution in [0, 0.1) is 0 Å². The molecule has 0 bridgehead atoms. The molecule has 0 spiro atoms. The maximum Gasteiger partial charge on any atom is 0.255 e. The SMILES string of the molecule is COc1cccc(CCCNC(=O)[C@@H]2CC(=O)N[C@@H](Cc3ccccc3)C(=O)NCCOc3ccccc3C(=O)N2)c1. The molecule has 0 unspecified atom stereocenters. The number of ether oxygens (including phenoxy) is 2. The molecule has 10 nitrogen and oxygen atoms in total. The van der Waals surface area contributed by atoms with Crippen molar-refractivity contribution in [2.24, 2.45) is 0 Å². The first-order valence-electron chi connectivity index (χ1n) is 14.0. The van der Waals surface area contributed by atoms with Gasteiger partial charge in [0.1, 0.15) is 30.2 Å².